The van der Waals surface area contributed by atoms with Crippen molar-refractivity contribution >= 4 is 16.6 Å². The van der Waals surface area contributed by atoms with Crippen LogP contribution in [0.1, 0.15) is 36.7 Å². The number of nitro groups is 1. The fraction of sp³-hybridized carbons (Fsp3) is 0.500. The summed E-state index contributed by atoms with van der Waals surface area (Å²) in [7, 11) is 0. The van der Waals surface area contributed by atoms with Gasteiger partial charge in [0, 0.05) is 23.6 Å². The van der Waals surface area contributed by atoms with Gasteiger partial charge in [-0.2, -0.15) is 5.10 Å². The van der Waals surface area contributed by atoms with Crippen molar-refractivity contribution in [2.45, 2.75) is 39.3 Å². The monoisotopic (exact) mass is 275 g/mol. The molecule has 2 heterocycles. The highest BCUT2D eigenvalue weighted by molar-refractivity contribution is 5.85. The molecule has 1 aromatic carbocycles. The minimum absolute atomic E-state index is 0.109. The second-order valence-electron chi connectivity index (χ2n) is 5.26. The molecule has 6 nitrogen and oxygen atoms in total. The van der Waals surface area contributed by atoms with E-state index in [1.807, 2.05) is 13.0 Å². The highest BCUT2D eigenvalue weighted by Crippen LogP contribution is 2.31. The summed E-state index contributed by atoms with van der Waals surface area (Å²) in [5.41, 5.74) is 2.46. The molecule has 0 amide bonds. The van der Waals surface area contributed by atoms with E-state index in [0.717, 1.165) is 42.5 Å². The minimum Gasteiger partial charge on any atom is -0.356 e. The van der Waals surface area contributed by atoms with Gasteiger partial charge in [-0.3, -0.25) is 10.1 Å². The van der Waals surface area contributed by atoms with Crippen molar-refractivity contribution < 1.29 is 9.66 Å². The smallest absolute Gasteiger partial charge is 0.274 e. The first-order valence-electron chi connectivity index (χ1n) is 6.83. The first-order valence-corrected chi connectivity index (χ1v) is 6.83. The summed E-state index contributed by atoms with van der Waals surface area (Å²) < 4.78 is 7.55. The van der Waals surface area contributed by atoms with Crippen LogP contribution in [0.25, 0.3) is 10.9 Å². The normalized spacial score (nSPS) is 19.4. The lowest BCUT2D eigenvalue weighted by atomic mass is 10.1. The Hall–Kier alpha value is -1.95. The zero-order valence-electron chi connectivity index (χ0n) is 11.6. The summed E-state index contributed by atoms with van der Waals surface area (Å²) in [5, 5.41) is 16.6. The Morgan fingerprint density at radius 2 is 2.20 bits per heavy atom. The van der Waals surface area contributed by atoms with Crippen molar-refractivity contribution in [2.24, 2.45) is 0 Å². The number of nitro benzene ring substituents is 1. The van der Waals surface area contributed by atoms with E-state index in [-0.39, 0.29) is 16.8 Å². The molecule has 0 radical (unpaired) electrons. The molecule has 3 rings (SSSR count). The molecule has 1 aliphatic rings. The standard InChI is InChI=1S/C14H17N3O3/c1-9-7-11-10(2)15-16(14-5-3-4-6-20-14)13(11)8-12(9)17(18)19/h7-8,14H,3-6H2,1-2H3. The van der Waals surface area contributed by atoms with Crippen molar-refractivity contribution in [3.05, 3.63) is 33.5 Å². The molecule has 1 atom stereocenters. The second kappa shape index (κ2) is 4.86. The van der Waals surface area contributed by atoms with E-state index in [9.17, 15) is 10.1 Å². The summed E-state index contributed by atoms with van der Waals surface area (Å²) in [4.78, 5) is 10.8. The molecule has 1 fully saturated rings. The third-order valence-corrected chi connectivity index (χ3v) is 3.83. The van der Waals surface area contributed by atoms with Crippen molar-refractivity contribution in [1.82, 2.24) is 9.78 Å². The molecular formula is C14H17N3O3. The van der Waals surface area contributed by atoms with Crippen LogP contribution in [0.4, 0.5) is 5.69 Å². The predicted octanol–water partition coefficient (Wildman–Crippen LogP) is 3.26. The van der Waals surface area contributed by atoms with Crippen LogP contribution >= 0.6 is 0 Å². The van der Waals surface area contributed by atoms with Crippen LogP contribution in [0.5, 0.6) is 0 Å². The van der Waals surface area contributed by atoms with Crippen molar-refractivity contribution in [1.29, 1.82) is 0 Å². The van der Waals surface area contributed by atoms with Gasteiger partial charge >= 0.3 is 0 Å². The SMILES string of the molecule is Cc1cc2c(C)nn(C3CCCCO3)c2cc1[N+](=O)[O-]. The number of nitrogens with zero attached hydrogens (tertiary/aromatic N) is 3. The van der Waals surface area contributed by atoms with Crippen LogP contribution in [0.15, 0.2) is 12.1 Å². The molecule has 1 unspecified atom stereocenters. The lowest BCUT2D eigenvalue weighted by molar-refractivity contribution is -0.385. The largest absolute Gasteiger partial charge is 0.356 e. The van der Waals surface area contributed by atoms with E-state index in [2.05, 4.69) is 5.10 Å². The number of hydrogen-bond donors (Lipinski definition) is 0. The van der Waals surface area contributed by atoms with E-state index in [1.165, 1.54) is 0 Å². The number of ether oxygens (including phenoxy) is 1. The van der Waals surface area contributed by atoms with Gasteiger partial charge in [-0.05, 0) is 39.2 Å². The fourth-order valence-corrected chi connectivity index (χ4v) is 2.77. The van der Waals surface area contributed by atoms with E-state index in [4.69, 9.17) is 4.74 Å². The first-order chi connectivity index (χ1) is 9.58. The van der Waals surface area contributed by atoms with E-state index < -0.39 is 0 Å². The number of benzene rings is 1. The van der Waals surface area contributed by atoms with Gasteiger partial charge < -0.3 is 4.74 Å². The third kappa shape index (κ3) is 2.06. The average Bonchev–Trinajstić information content (AvgIpc) is 2.75. The van der Waals surface area contributed by atoms with E-state index in [0.29, 0.717) is 5.56 Å². The van der Waals surface area contributed by atoms with Gasteiger partial charge in [-0.25, -0.2) is 4.68 Å². The van der Waals surface area contributed by atoms with Gasteiger partial charge in [0.05, 0.1) is 16.1 Å². The Balaban J connectivity index is 2.17. The number of rotatable bonds is 2. The highest BCUT2D eigenvalue weighted by atomic mass is 16.6. The third-order valence-electron chi connectivity index (χ3n) is 3.83. The number of hydrogen-bond acceptors (Lipinski definition) is 4. The topological polar surface area (TPSA) is 70.2 Å². The summed E-state index contributed by atoms with van der Waals surface area (Å²) in [5.74, 6) is 0. The van der Waals surface area contributed by atoms with Crippen LogP contribution in [-0.4, -0.2) is 21.3 Å². The van der Waals surface area contributed by atoms with Gasteiger partial charge in [-0.15, -0.1) is 0 Å². The van der Waals surface area contributed by atoms with Crippen LogP contribution in [0, 0.1) is 24.0 Å². The summed E-state index contributed by atoms with van der Waals surface area (Å²) in [6.45, 7) is 4.40. The molecule has 0 aliphatic carbocycles. The van der Waals surface area contributed by atoms with E-state index >= 15 is 0 Å². The fourth-order valence-electron chi connectivity index (χ4n) is 2.77. The minimum atomic E-state index is -0.344. The first kappa shape index (κ1) is 13.1. The molecule has 1 saturated heterocycles. The molecule has 106 valence electrons. The maximum atomic E-state index is 11.1. The Bertz CT molecular complexity index is 672. The molecule has 0 N–H and O–H groups in total. The summed E-state index contributed by atoms with van der Waals surface area (Å²) in [6, 6.07) is 3.46. The van der Waals surface area contributed by atoms with E-state index in [1.54, 1.807) is 17.7 Å². The predicted molar refractivity (Wildman–Crippen MR) is 74.7 cm³/mol. The van der Waals surface area contributed by atoms with Crippen LogP contribution in [-0.2, 0) is 4.74 Å². The van der Waals surface area contributed by atoms with Gasteiger partial charge in [0.25, 0.3) is 5.69 Å². The lowest BCUT2D eigenvalue weighted by Crippen LogP contribution is -2.19. The molecule has 6 heteroatoms. The Morgan fingerprint density at radius 1 is 1.40 bits per heavy atom. The lowest BCUT2D eigenvalue weighted by Gasteiger charge is -2.23. The summed E-state index contributed by atoms with van der Waals surface area (Å²) >= 11 is 0. The van der Waals surface area contributed by atoms with Crippen LogP contribution in [0.3, 0.4) is 0 Å². The summed E-state index contributed by atoms with van der Waals surface area (Å²) in [6.07, 6.45) is 2.95. The highest BCUT2D eigenvalue weighted by Gasteiger charge is 2.22. The molecule has 0 bridgehead atoms. The molecule has 0 saturated carbocycles. The molecular weight excluding hydrogens is 258 g/mol. The van der Waals surface area contributed by atoms with Crippen LogP contribution < -0.4 is 0 Å². The van der Waals surface area contributed by atoms with Crippen molar-refractivity contribution in [3.63, 3.8) is 0 Å². The molecule has 0 spiro atoms. The average molecular weight is 275 g/mol. The maximum Gasteiger partial charge on any atom is 0.274 e. The van der Waals surface area contributed by atoms with Crippen molar-refractivity contribution in [2.75, 3.05) is 6.61 Å². The molecule has 2 aromatic rings. The zero-order chi connectivity index (χ0) is 14.3. The Labute approximate surface area is 116 Å². The van der Waals surface area contributed by atoms with Crippen molar-refractivity contribution in [3.8, 4) is 0 Å². The zero-order valence-corrected chi connectivity index (χ0v) is 11.6. The van der Waals surface area contributed by atoms with Crippen LogP contribution in [0.2, 0.25) is 0 Å². The molecule has 20 heavy (non-hydrogen) atoms. The number of fused-ring (bicyclic) bond motifs is 1. The number of aryl methyl sites for hydroxylation is 2. The second-order valence-corrected chi connectivity index (χ2v) is 5.26. The van der Waals surface area contributed by atoms with Gasteiger partial charge in [0.1, 0.15) is 0 Å². The Morgan fingerprint density at radius 3 is 2.85 bits per heavy atom. The van der Waals surface area contributed by atoms with Gasteiger partial charge in [0.15, 0.2) is 6.23 Å². The number of aromatic nitrogens is 2. The maximum absolute atomic E-state index is 11.1. The van der Waals surface area contributed by atoms with Gasteiger partial charge in [0.2, 0.25) is 0 Å². The molecule has 1 aliphatic heterocycles. The Kier molecular flexibility index (Phi) is 3.17. The molecule has 1 aromatic heterocycles. The van der Waals surface area contributed by atoms with Gasteiger partial charge in [-0.1, -0.05) is 0 Å². The quantitative estimate of drug-likeness (QED) is 0.623.